The third-order valence-electron chi connectivity index (χ3n) is 2.25. The topological polar surface area (TPSA) is 33.1 Å². The van der Waals surface area contributed by atoms with Crippen molar-refractivity contribution in [1.82, 2.24) is 4.98 Å². The molecule has 2 nitrogen and oxygen atoms in total. The summed E-state index contributed by atoms with van der Waals surface area (Å²) < 4.78 is 26.1. The Morgan fingerprint density at radius 2 is 1.94 bits per heavy atom. The van der Waals surface area contributed by atoms with Crippen molar-refractivity contribution >= 4 is 0 Å². The Hall–Kier alpha value is -1.81. The van der Waals surface area contributed by atoms with E-state index in [1.165, 1.54) is 36.5 Å². The number of benzene rings is 1. The summed E-state index contributed by atoms with van der Waals surface area (Å²) in [5.41, 5.74) is 1.38. The van der Waals surface area contributed by atoms with Crippen LogP contribution in [0.1, 0.15) is 5.56 Å². The molecular formula is C12H9F2NO. The quantitative estimate of drug-likeness (QED) is 0.790. The second-order valence-corrected chi connectivity index (χ2v) is 3.34. The van der Waals surface area contributed by atoms with Crippen LogP contribution in [-0.2, 0) is 6.61 Å². The van der Waals surface area contributed by atoms with E-state index in [2.05, 4.69) is 4.98 Å². The van der Waals surface area contributed by atoms with Gasteiger partial charge in [0.1, 0.15) is 5.82 Å². The lowest BCUT2D eigenvalue weighted by Crippen LogP contribution is -1.90. The lowest BCUT2D eigenvalue weighted by molar-refractivity contribution is 0.282. The number of hydrogen-bond acceptors (Lipinski definition) is 2. The van der Waals surface area contributed by atoms with E-state index in [-0.39, 0.29) is 6.61 Å². The van der Waals surface area contributed by atoms with Gasteiger partial charge in [0.15, 0.2) is 0 Å². The van der Waals surface area contributed by atoms with Crippen molar-refractivity contribution in [3.8, 4) is 11.1 Å². The second kappa shape index (κ2) is 4.37. The number of nitrogens with zero attached hydrogens (tertiary/aromatic N) is 1. The van der Waals surface area contributed by atoms with E-state index in [0.717, 1.165) is 0 Å². The molecule has 4 heteroatoms. The maximum Gasteiger partial charge on any atom is 0.212 e. The van der Waals surface area contributed by atoms with Crippen molar-refractivity contribution in [2.45, 2.75) is 6.61 Å². The van der Waals surface area contributed by atoms with Crippen LogP contribution in [0.2, 0.25) is 0 Å². The van der Waals surface area contributed by atoms with E-state index in [1.807, 2.05) is 0 Å². The summed E-state index contributed by atoms with van der Waals surface area (Å²) in [6.07, 6.45) is 1.26. The van der Waals surface area contributed by atoms with Crippen molar-refractivity contribution in [3.05, 3.63) is 53.9 Å². The third-order valence-corrected chi connectivity index (χ3v) is 2.25. The van der Waals surface area contributed by atoms with Gasteiger partial charge in [-0.1, -0.05) is 6.07 Å². The molecule has 0 bridgehead atoms. The van der Waals surface area contributed by atoms with E-state index in [4.69, 9.17) is 5.11 Å². The molecule has 2 aromatic rings. The van der Waals surface area contributed by atoms with Crippen LogP contribution >= 0.6 is 0 Å². The summed E-state index contributed by atoms with van der Waals surface area (Å²) in [6.45, 7) is -0.165. The highest BCUT2D eigenvalue weighted by atomic mass is 19.1. The van der Waals surface area contributed by atoms with E-state index < -0.39 is 11.8 Å². The first kappa shape index (κ1) is 10.7. The van der Waals surface area contributed by atoms with Gasteiger partial charge < -0.3 is 5.11 Å². The smallest absolute Gasteiger partial charge is 0.212 e. The molecule has 1 N–H and O–H groups in total. The van der Waals surface area contributed by atoms with Crippen LogP contribution in [0.15, 0.2) is 36.5 Å². The molecule has 0 aliphatic rings. The standard InChI is InChI=1S/C12H9F2NO/c13-11-3-1-8(7-16)5-10(11)9-2-4-12(14)15-6-9/h1-6,16H,7H2. The van der Waals surface area contributed by atoms with Crippen LogP contribution in [0, 0.1) is 11.8 Å². The van der Waals surface area contributed by atoms with Gasteiger partial charge in [-0.05, 0) is 29.8 Å². The normalized spacial score (nSPS) is 10.4. The molecule has 1 heterocycles. The zero-order chi connectivity index (χ0) is 11.5. The molecule has 0 radical (unpaired) electrons. The lowest BCUT2D eigenvalue weighted by Gasteiger charge is -2.05. The van der Waals surface area contributed by atoms with Gasteiger partial charge in [0, 0.05) is 17.3 Å². The first-order valence-corrected chi connectivity index (χ1v) is 4.72. The Bertz CT molecular complexity index is 497. The number of pyridine rings is 1. The fourth-order valence-corrected chi connectivity index (χ4v) is 1.43. The zero-order valence-corrected chi connectivity index (χ0v) is 8.32. The van der Waals surface area contributed by atoms with Crippen molar-refractivity contribution in [3.63, 3.8) is 0 Å². The molecule has 0 spiro atoms. The average molecular weight is 221 g/mol. The largest absolute Gasteiger partial charge is 0.392 e. The minimum Gasteiger partial charge on any atom is -0.392 e. The minimum atomic E-state index is -0.609. The van der Waals surface area contributed by atoms with Crippen LogP contribution in [-0.4, -0.2) is 10.1 Å². The fourth-order valence-electron chi connectivity index (χ4n) is 1.43. The third kappa shape index (κ3) is 2.06. The molecule has 1 aromatic heterocycles. The van der Waals surface area contributed by atoms with Gasteiger partial charge in [-0.25, -0.2) is 9.37 Å². The summed E-state index contributed by atoms with van der Waals surface area (Å²) in [4.78, 5) is 3.46. The molecule has 0 fully saturated rings. The van der Waals surface area contributed by atoms with E-state index in [0.29, 0.717) is 16.7 Å². The number of aromatic nitrogens is 1. The predicted octanol–water partition coefficient (Wildman–Crippen LogP) is 2.52. The van der Waals surface area contributed by atoms with Crippen molar-refractivity contribution in [2.75, 3.05) is 0 Å². The molecule has 0 saturated heterocycles. The summed E-state index contributed by atoms with van der Waals surface area (Å²) in [6, 6.07) is 6.90. The van der Waals surface area contributed by atoms with Gasteiger partial charge in [-0.3, -0.25) is 0 Å². The van der Waals surface area contributed by atoms with Crippen molar-refractivity contribution in [2.24, 2.45) is 0 Å². The Labute approximate surface area is 91.2 Å². The Morgan fingerprint density at radius 1 is 1.12 bits per heavy atom. The Kier molecular flexibility index (Phi) is 2.92. The molecule has 0 aliphatic heterocycles. The first-order valence-electron chi connectivity index (χ1n) is 4.72. The highest BCUT2D eigenvalue weighted by Crippen LogP contribution is 2.23. The van der Waals surface area contributed by atoms with Crippen LogP contribution < -0.4 is 0 Å². The number of rotatable bonds is 2. The van der Waals surface area contributed by atoms with Crippen LogP contribution in [0.3, 0.4) is 0 Å². The number of aliphatic hydroxyl groups is 1. The maximum absolute atomic E-state index is 13.5. The first-order chi connectivity index (χ1) is 7.70. The lowest BCUT2D eigenvalue weighted by atomic mass is 10.0. The van der Waals surface area contributed by atoms with Gasteiger partial charge in [-0.15, -0.1) is 0 Å². The second-order valence-electron chi connectivity index (χ2n) is 3.34. The molecule has 0 aliphatic carbocycles. The number of aliphatic hydroxyl groups excluding tert-OH is 1. The number of halogens is 2. The molecule has 2 rings (SSSR count). The van der Waals surface area contributed by atoms with Crippen LogP contribution in [0.25, 0.3) is 11.1 Å². The van der Waals surface area contributed by atoms with Gasteiger partial charge in [0.25, 0.3) is 0 Å². The van der Waals surface area contributed by atoms with Gasteiger partial charge in [-0.2, -0.15) is 4.39 Å². The maximum atomic E-state index is 13.5. The summed E-state index contributed by atoms with van der Waals surface area (Å²) in [7, 11) is 0. The summed E-state index contributed by atoms with van der Waals surface area (Å²) in [5, 5.41) is 8.95. The van der Waals surface area contributed by atoms with Gasteiger partial charge >= 0.3 is 0 Å². The Morgan fingerprint density at radius 3 is 2.56 bits per heavy atom. The van der Waals surface area contributed by atoms with Crippen LogP contribution in [0.4, 0.5) is 8.78 Å². The molecule has 0 atom stereocenters. The highest BCUT2D eigenvalue weighted by Gasteiger charge is 2.06. The molecule has 82 valence electrons. The average Bonchev–Trinajstić information content (AvgIpc) is 2.31. The minimum absolute atomic E-state index is 0.165. The predicted molar refractivity (Wildman–Crippen MR) is 55.5 cm³/mol. The van der Waals surface area contributed by atoms with E-state index in [1.54, 1.807) is 0 Å². The zero-order valence-electron chi connectivity index (χ0n) is 8.32. The van der Waals surface area contributed by atoms with Crippen LogP contribution in [0.5, 0.6) is 0 Å². The molecule has 1 aromatic carbocycles. The molecule has 0 saturated carbocycles. The monoisotopic (exact) mass is 221 g/mol. The molecule has 0 amide bonds. The summed E-state index contributed by atoms with van der Waals surface area (Å²) >= 11 is 0. The fraction of sp³-hybridized carbons (Fsp3) is 0.0833. The van der Waals surface area contributed by atoms with E-state index >= 15 is 0 Å². The van der Waals surface area contributed by atoms with Gasteiger partial charge in [0.2, 0.25) is 5.95 Å². The summed E-state index contributed by atoms with van der Waals surface area (Å²) in [5.74, 6) is -1.03. The Balaban J connectivity index is 2.50. The van der Waals surface area contributed by atoms with Gasteiger partial charge in [0.05, 0.1) is 6.61 Å². The van der Waals surface area contributed by atoms with E-state index in [9.17, 15) is 8.78 Å². The SMILES string of the molecule is OCc1ccc(F)c(-c2ccc(F)nc2)c1. The molecule has 16 heavy (non-hydrogen) atoms. The van der Waals surface area contributed by atoms with Crippen molar-refractivity contribution < 1.29 is 13.9 Å². The molecule has 0 unspecified atom stereocenters. The van der Waals surface area contributed by atoms with Crippen molar-refractivity contribution in [1.29, 1.82) is 0 Å². The number of hydrogen-bond donors (Lipinski definition) is 1. The highest BCUT2D eigenvalue weighted by molar-refractivity contribution is 5.63. The molecular weight excluding hydrogens is 212 g/mol.